The largest absolute Gasteiger partial charge is 0.444 e. The standard InChI is InChI=1S/C16H31N3O3/c1-16(2,3)22-15(21)19-10-6-7-13(12-19)11-18-9-5-4-8-14(17)20/h13,18H,4-12H2,1-3H3,(H2,17,20). The zero-order chi connectivity index (χ0) is 16.6. The Morgan fingerprint density at radius 2 is 2.05 bits per heavy atom. The summed E-state index contributed by atoms with van der Waals surface area (Å²) in [5, 5.41) is 3.41. The van der Waals surface area contributed by atoms with Crippen LogP contribution in [0.15, 0.2) is 0 Å². The SMILES string of the molecule is CC(C)(C)OC(=O)N1CCCC(CNCCCCC(N)=O)C1. The summed E-state index contributed by atoms with van der Waals surface area (Å²) < 4.78 is 5.43. The maximum absolute atomic E-state index is 12.1. The van der Waals surface area contributed by atoms with E-state index in [-0.39, 0.29) is 12.0 Å². The summed E-state index contributed by atoms with van der Waals surface area (Å²) in [4.78, 5) is 24.5. The molecule has 0 saturated carbocycles. The highest BCUT2D eigenvalue weighted by Gasteiger charge is 2.27. The number of hydrogen-bond acceptors (Lipinski definition) is 4. The van der Waals surface area contributed by atoms with Crippen molar-refractivity contribution in [3.63, 3.8) is 0 Å². The van der Waals surface area contributed by atoms with E-state index in [9.17, 15) is 9.59 Å². The highest BCUT2D eigenvalue weighted by Crippen LogP contribution is 2.18. The first-order chi connectivity index (χ1) is 10.3. The minimum absolute atomic E-state index is 0.210. The van der Waals surface area contributed by atoms with Crippen molar-refractivity contribution in [2.75, 3.05) is 26.2 Å². The van der Waals surface area contributed by atoms with Crippen LogP contribution in [-0.2, 0) is 9.53 Å². The van der Waals surface area contributed by atoms with Crippen molar-refractivity contribution < 1.29 is 14.3 Å². The van der Waals surface area contributed by atoms with E-state index >= 15 is 0 Å². The van der Waals surface area contributed by atoms with Gasteiger partial charge in [-0.05, 0) is 65.5 Å². The van der Waals surface area contributed by atoms with E-state index in [0.29, 0.717) is 12.3 Å². The van der Waals surface area contributed by atoms with Crippen LogP contribution < -0.4 is 11.1 Å². The molecule has 1 saturated heterocycles. The quantitative estimate of drug-likeness (QED) is 0.703. The van der Waals surface area contributed by atoms with Crippen molar-refractivity contribution in [3.8, 4) is 0 Å². The second-order valence-electron chi connectivity index (χ2n) is 7.06. The van der Waals surface area contributed by atoms with Crippen molar-refractivity contribution in [1.29, 1.82) is 0 Å². The van der Waals surface area contributed by atoms with Gasteiger partial charge in [-0.2, -0.15) is 0 Å². The smallest absolute Gasteiger partial charge is 0.410 e. The summed E-state index contributed by atoms with van der Waals surface area (Å²) in [6.07, 6.45) is 4.18. The van der Waals surface area contributed by atoms with Gasteiger partial charge in [0.05, 0.1) is 0 Å². The van der Waals surface area contributed by atoms with Gasteiger partial charge >= 0.3 is 6.09 Å². The lowest BCUT2D eigenvalue weighted by atomic mass is 9.98. The van der Waals surface area contributed by atoms with Crippen LogP contribution >= 0.6 is 0 Å². The van der Waals surface area contributed by atoms with Gasteiger partial charge in [-0.1, -0.05) is 0 Å². The molecule has 0 aliphatic carbocycles. The van der Waals surface area contributed by atoms with Crippen LogP contribution in [-0.4, -0.2) is 48.7 Å². The Kier molecular flexibility index (Phi) is 7.65. The van der Waals surface area contributed by atoms with Crippen molar-refractivity contribution in [3.05, 3.63) is 0 Å². The number of nitrogens with zero attached hydrogens (tertiary/aromatic N) is 1. The number of piperidine rings is 1. The van der Waals surface area contributed by atoms with E-state index in [1.807, 2.05) is 25.7 Å². The minimum Gasteiger partial charge on any atom is -0.444 e. The lowest BCUT2D eigenvalue weighted by Gasteiger charge is -2.34. The molecule has 6 heteroatoms. The predicted octanol–water partition coefficient (Wildman–Crippen LogP) is 1.88. The lowest BCUT2D eigenvalue weighted by Crippen LogP contribution is -2.45. The summed E-state index contributed by atoms with van der Waals surface area (Å²) in [5.74, 6) is 0.234. The summed E-state index contributed by atoms with van der Waals surface area (Å²) in [6, 6.07) is 0. The Hall–Kier alpha value is -1.30. The first kappa shape index (κ1) is 18.7. The van der Waals surface area contributed by atoms with Crippen LogP contribution in [0.4, 0.5) is 4.79 Å². The first-order valence-corrected chi connectivity index (χ1v) is 8.25. The second kappa shape index (κ2) is 8.98. The molecule has 0 radical (unpaired) electrons. The number of hydrogen-bond donors (Lipinski definition) is 2. The normalized spacial score (nSPS) is 19.0. The molecule has 2 amide bonds. The number of carbonyl (C=O) groups is 2. The molecule has 1 heterocycles. The highest BCUT2D eigenvalue weighted by atomic mass is 16.6. The number of unbranched alkanes of at least 4 members (excludes halogenated alkanes) is 1. The molecule has 0 spiro atoms. The number of nitrogens with one attached hydrogen (secondary N) is 1. The molecular formula is C16H31N3O3. The number of ether oxygens (including phenoxy) is 1. The second-order valence-corrected chi connectivity index (χ2v) is 7.06. The summed E-state index contributed by atoms with van der Waals surface area (Å²) in [7, 11) is 0. The van der Waals surface area contributed by atoms with E-state index in [1.54, 1.807) is 0 Å². The van der Waals surface area contributed by atoms with Crippen LogP contribution in [0.5, 0.6) is 0 Å². The molecule has 1 unspecified atom stereocenters. The van der Waals surface area contributed by atoms with Crippen molar-refractivity contribution >= 4 is 12.0 Å². The van der Waals surface area contributed by atoms with Crippen molar-refractivity contribution in [1.82, 2.24) is 10.2 Å². The molecule has 0 aromatic heterocycles. The summed E-state index contributed by atoms with van der Waals surface area (Å²) in [6.45, 7) is 8.99. The number of carbonyl (C=O) groups excluding carboxylic acids is 2. The Bertz CT molecular complexity index is 366. The number of nitrogens with two attached hydrogens (primary N) is 1. The molecule has 6 nitrogen and oxygen atoms in total. The van der Waals surface area contributed by atoms with Crippen LogP contribution in [0.25, 0.3) is 0 Å². The lowest BCUT2D eigenvalue weighted by molar-refractivity contribution is -0.118. The molecule has 1 aliphatic rings. The minimum atomic E-state index is -0.442. The van der Waals surface area contributed by atoms with Gasteiger partial charge < -0.3 is 20.7 Å². The van der Waals surface area contributed by atoms with Crippen LogP contribution in [0.2, 0.25) is 0 Å². The zero-order valence-corrected chi connectivity index (χ0v) is 14.2. The average molecular weight is 313 g/mol. The number of rotatable bonds is 7. The topological polar surface area (TPSA) is 84.7 Å². The first-order valence-electron chi connectivity index (χ1n) is 8.25. The Balaban J connectivity index is 2.20. The fourth-order valence-corrected chi connectivity index (χ4v) is 2.58. The Morgan fingerprint density at radius 3 is 2.68 bits per heavy atom. The van der Waals surface area contributed by atoms with E-state index in [4.69, 9.17) is 10.5 Å². The van der Waals surface area contributed by atoms with Crippen LogP contribution in [0.3, 0.4) is 0 Å². The molecular weight excluding hydrogens is 282 g/mol. The number of amides is 2. The maximum Gasteiger partial charge on any atom is 0.410 e. The van der Waals surface area contributed by atoms with Gasteiger partial charge in [0.1, 0.15) is 5.60 Å². The van der Waals surface area contributed by atoms with E-state index in [2.05, 4.69) is 5.32 Å². The molecule has 1 atom stereocenters. The molecule has 128 valence electrons. The highest BCUT2D eigenvalue weighted by molar-refractivity contribution is 5.73. The van der Waals surface area contributed by atoms with Gasteiger partial charge in [0, 0.05) is 19.5 Å². The van der Waals surface area contributed by atoms with Gasteiger partial charge in [0.15, 0.2) is 0 Å². The van der Waals surface area contributed by atoms with Gasteiger partial charge in [0.25, 0.3) is 0 Å². The van der Waals surface area contributed by atoms with Crippen molar-refractivity contribution in [2.45, 2.75) is 58.5 Å². The monoisotopic (exact) mass is 313 g/mol. The van der Waals surface area contributed by atoms with Crippen molar-refractivity contribution in [2.24, 2.45) is 11.7 Å². The summed E-state index contributed by atoms with van der Waals surface area (Å²) >= 11 is 0. The Morgan fingerprint density at radius 1 is 1.32 bits per heavy atom. The van der Waals surface area contributed by atoms with E-state index in [1.165, 1.54) is 0 Å². The molecule has 0 bridgehead atoms. The zero-order valence-electron chi connectivity index (χ0n) is 14.2. The third kappa shape index (κ3) is 8.22. The third-order valence-corrected chi connectivity index (χ3v) is 3.63. The number of likely N-dealkylation sites (tertiary alicyclic amines) is 1. The molecule has 22 heavy (non-hydrogen) atoms. The molecule has 3 N–H and O–H groups in total. The van der Waals surface area contributed by atoms with Gasteiger partial charge in [0.2, 0.25) is 5.91 Å². The predicted molar refractivity (Wildman–Crippen MR) is 86.4 cm³/mol. The fraction of sp³-hybridized carbons (Fsp3) is 0.875. The molecule has 1 aliphatic heterocycles. The average Bonchev–Trinajstić information content (AvgIpc) is 2.41. The molecule has 0 aromatic carbocycles. The van der Waals surface area contributed by atoms with Gasteiger partial charge in [-0.25, -0.2) is 4.79 Å². The number of primary amides is 1. The van der Waals surface area contributed by atoms with Crippen LogP contribution in [0, 0.1) is 5.92 Å². The van der Waals surface area contributed by atoms with Crippen LogP contribution in [0.1, 0.15) is 52.9 Å². The Labute approximate surface area is 133 Å². The van der Waals surface area contributed by atoms with Gasteiger partial charge in [-0.3, -0.25) is 4.79 Å². The molecule has 0 aromatic rings. The molecule has 1 rings (SSSR count). The summed E-state index contributed by atoms with van der Waals surface area (Å²) in [5.41, 5.74) is 4.66. The van der Waals surface area contributed by atoms with E-state index < -0.39 is 5.60 Å². The fourth-order valence-electron chi connectivity index (χ4n) is 2.58. The van der Waals surface area contributed by atoms with E-state index in [0.717, 1.165) is 51.9 Å². The third-order valence-electron chi connectivity index (χ3n) is 3.63. The van der Waals surface area contributed by atoms with Gasteiger partial charge in [-0.15, -0.1) is 0 Å². The molecule has 1 fully saturated rings. The maximum atomic E-state index is 12.1.